The van der Waals surface area contributed by atoms with Crippen molar-refractivity contribution in [2.24, 2.45) is 0 Å². The maximum atomic E-state index is 5.75. The lowest BCUT2D eigenvalue weighted by Crippen LogP contribution is -2.38. The summed E-state index contributed by atoms with van der Waals surface area (Å²) in [6.45, 7) is 9.95. The number of methoxy groups -OCH3 is 4. The van der Waals surface area contributed by atoms with Crippen molar-refractivity contribution in [3.63, 3.8) is 0 Å². The third kappa shape index (κ3) is 5.60. The molecule has 166 valence electrons. The maximum Gasteiger partial charge on any atom is 0.126 e. The van der Waals surface area contributed by atoms with Gasteiger partial charge in [0.05, 0.1) is 28.4 Å². The van der Waals surface area contributed by atoms with Gasteiger partial charge >= 0.3 is 0 Å². The van der Waals surface area contributed by atoms with Crippen molar-refractivity contribution >= 4 is 0 Å². The Hall–Kier alpha value is -2.40. The van der Waals surface area contributed by atoms with Crippen molar-refractivity contribution in [2.75, 3.05) is 35.0 Å². The molecule has 5 heteroatoms. The Kier molecular flexibility index (Phi) is 8.85. The average Bonchev–Trinajstić information content (AvgIpc) is 2.75. The van der Waals surface area contributed by atoms with Crippen molar-refractivity contribution in [3.05, 3.63) is 47.5 Å². The lowest BCUT2D eigenvalue weighted by molar-refractivity contribution is 0.170. The zero-order valence-electron chi connectivity index (χ0n) is 19.7. The molecular weight excluding hydrogens is 378 g/mol. The predicted octanol–water partition coefficient (Wildman–Crippen LogP) is 5.36. The van der Waals surface area contributed by atoms with E-state index in [0.29, 0.717) is 12.1 Å². The van der Waals surface area contributed by atoms with Gasteiger partial charge in [0.25, 0.3) is 0 Å². The van der Waals surface area contributed by atoms with E-state index in [2.05, 4.69) is 44.7 Å². The average molecular weight is 416 g/mol. The summed E-state index contributed by atoms with van der Waals surface area (Å²) >= 11 is 0. The molecule has 2 aromatic carbocycles. The number of rotatable bonds is 11. The quantitative estimate of drug-likeness (QED) is 0.494. The highest BCUT2D eigenvalue weighted by molar-refractivity contribution is 5.51. The van der Waals surface area contributed by atoms with Crippen LogP contribution in [0.1, 0.15) is 51.2 Å². The molecule has 2 aromatic rings. The Labute approximate surface area is 181 Å². The summed E-state index contributed by atoms with van der Waals surface area (Å²) < 4.78 is 22.3. The van der Waals surface area contributed by atoms with Crippen LogP contribution in [-0.2, 0) is 0 Å². The second kappa shape index (κ2) is 11.1. The molecule has 0 aliphatic rings. The molecule has 0 radical (unpaired) electrons. The molecule has 0 saturated heterocycles. The number of benzene rings is 2. The van der Waals surface area contributed by atoms with E-state index in [1.165, 1.54) is 0 Å². The predicted molar refractivity (Wildman–Crippen MR) is 123 cm³/mol. The molecule has 2 rings (SSSR count). The fourth-order valence-corrected chi connectivity index (χ4v) is 4.08. The van der Waals surface area contributed by atoms with E-state index in [-0.39, 0.29) is 5.92 Å². The molecular formula is C25H37NO4. The zero-order chi connectivity index (χ0) is 22.3. The van der Waals surface area contributed by atoms with Crippen molar-refractivity contribution in [1.82, 2.24) is 4.90 Å². The van der Waals surface area contributed by atoms with Crippen LogP contribution >= 0.6 is 0 Å². The van der Waals surface area contributed by atoms with Crippen LogP contribution in [0.3, 0.4) is 0 Å². The van der Waals surface area contributed by atoms with Crippen LogP contribution in [0.2, 0.25) is 0 Å². The highest BCUT2D eigenvalue weighted by Crippen LogP contribution is 2.41. The Bertz CT molecular complexity index is 740. The maximum absolute atomic E-state index is 5.75. The molecule has 0 aliphatic carbocycles. The SMILES string of the molecule is COc1ccc(C(CCN(C(C)C)C(C)C)c2ccc(OC)cc2OC)c(OC)c1. The van der Waals surface area contributed by atoms with Gasteiger partial charge in [-0.3, -0.25) is 4.90 Å². The Balaban J connectivity index is 2.53. The van der Waals surface area contributed by atoms with Gasteiger partial charge in [0.2, 0.25) is 0 Å². The molecule has 0 fully saturated rings. The molecule has 5 nitrogen and oxygen atoms in total. The first-order valence-corrected chi connectivity index (χ1v) is 10.6. The van der Waals surface area contributed by atoms with E-state index in [1.54, 1.807) is 28.4 Å². The van der Waals surface area contributed by atoms with Crippen molar-refractivity contribution < 1.29 is 18.9 Å². The molecule has 0 spiro atoms. The van der Waals surface area contributed by atoms with E-state index >= 15 is 0 Å². The first kappa shape index (κ1) is 23.9. The van der Waals surface area contributed by atoms with Gasteiger partial charge in [-0.05, 0) is 52.8 Å². The topological polar surface area (TPSA) is 40.2 Å². The summed E-state index contributed by atoms with van der Waals surface area (Å²) in [4.78, 5) is 2.51. The molecule has 0 atom stereocenters. The van der Waals surface area contributed by atoms with E-state index in [0.717, 1.165) is 47.1 Å². The number of ether oxygens (including phenoxy) is 4. The van der Waals surface area contributed by atoms with Crippen LogP contribution in [0.15, 0.2) is 36.4 Å². The summed E-state index contributed by atoms with van der Waals surface area (Å²) in [6, 6.07) is 13.0. The normalized spacial score (nSPS) is 11.5. The highest BCUT2D eigenvalue weighted by atomic mass is 16.5. The van der Waals surface area contributed by atoms with Crippen LogP contribution < -0.4 is 18.9 Å². The monoisotopic (exact) mass is 415 g/mol. The molecule has 0 aliphatic heterocycles. The standard InChI is InChI=1S/C25H37NO4/c1-17(2)26(18(3)4)14-13-21(22-11-9-19(27-5)15-24(22)29-7)23-12-10-20(28-6)16-25(23)30-8/h9-12,15-18,21H,13-14H2,1-8H3. The zero-order valence-corrected chi connectivity index (χ0v) is 19.7. The first-order chi connectivity index (χ1) is 14.4. The van der Waals surface area contributed by atoms with Gasteiger partial charge in [0.15, 0.2) is 0 Å². The van der Waals surface area contributed by atoms with Gasteiger partial charge in [-0.15, -0.1) is 0 Å². The fourth-order valence-electron chi connectivity index (χ4n) is 4.08. The first-order valence-electron chi connectivity index (χ1n) is 10.6. The van der Waals surface area contributed by atoms with E-state index < -0.39 is 0 Å². The van der Waals surface area contributed by atoms with Gasteiger partial charge < -0.3 is 18.9 Å². The van der Waals surface area contributed by atoms with Crippen LogP contribution in [-0.4, -0.2) is 52.0 Å². The highest BCUT2D eigenvalue weighted by Gasteiger charge is 2.25. The van der Waals surface area contributed by atoms with Crippen molar-refractivity contribution in [3.8, 4) is 23.0 Å². The number of nitrogens with zero attached hydrogens (tertiary/aromatic N) is 1. The third-order valence-corrected chi connectivity index (χ3v) is 5.63. The van der Waals surface area contributed by atoms with Crippen LogP contribution in [0, 0.1) is 0 Å². The Morgan fingerprint density at radius 2 is 1.10 bits per heavy atom. The molecule has 0 bridgehead atoms. The summed E-state index contributed by atoms with van der Waals surface area (Å²) in [6.07, 6.45) is 0.932. The minimum Gasteiger partial charge on any atom is -0.497 e. The van der Waals surface area contributed by atoms with Gasteiger partial charge in [0.1, 0.15) is 23.0 Å². The second-order valence-electron chi connectivity index (χ2n) is 7.98. The Morgan fingerprint density at radius 3 is 1.43 bits per heavy atom. The number of hydrogen-bond acceptors (Lipinski definition) is 5. The molecule has 0 unspecified atom stereocenters. The van der Waals surface area contributed by atoms with Gasteiger partial charge in [-0.2, -0.15) is 0 Å². The molecule has 30 heavy (non-hydrogen) atoms. The van der Waals surface area contributed by atoms with Crippen LogP contribution in [0.25, 0.3) is 0 Å². The van der Waals surface area contributed by atoms with Gasteiger partial charge in [-0.1, -0.05) is 12.1 Å². The molecule has 0 heterocycles. The molecule has 0 amide bonds. The molecule has 0 aromatic heterocycles. The molecule has 0 N–H and O–H groups in total. The molecule has 0 saturated carbocycles. The lowest BCUT2D eigenvalue weighted by Gasteiger charge is -2.32. The van der Waals surface area contributed by atoms with Crippen LogP contribution in [0.5, 0.6) is 23.0 Å². The van der Waals surface area contributed by atoms with Crippen molar-refractivity contribution in [2.45, 2.75) is 52.1 Å². The van der Waals surface area contributed by atoms with Crippen LogP contribution in [0.4, 0.5) is 0 Å². The summed E-state index contributed by atoms with van der Waals surface area (Å²) in [5.41, 5.74) is 2.24. The summed E-state index contributed by atoms with van der Waals surface area (Å²) in [5.74, 6) is 3.30. The van der Waals surface area contributed by atoms with Gasteiger partial charge in [0, 0.05) is 41.3 Å². The Morgan fingerprint density at radius 1 is 0.667 bits per heavy atom. The lowest BCUT2D eigenvalue weighted by atomic mass is 9.86. The van der Waals surface area contributed by atoms with Gasteiger partial charge in [-0.25, -0.2) is 0 Å². The van der Waals surface area contributed by atoms with E-state index in [1.807, 2.05) is 24.3 Å². The minimum atomic E-state index is 0.103. The third-order valence-electron chi connectivity index (χ3n) is 5.63. The summed E-state index contributed by atoms with van der Waals surface area (Å²) in [5, 5.41) is 0. The second-order valence-corrected chi connectivity index (χ2v) is 7.98. The minimum absolute atomic E-state index is 0.103. The largest absolute Gasteiger partial charge is 0.497 e. The van der Waals surface area contributed by atoms with E-state index in [9.17, 15) is 0 Å². The van der Waals surface area contributed by atoms with Crippen molar-refractivity contribution in [1.29, 1.82) is 0 Å². The number of hydrogen-bond donors (Lipinski definition) is 0. The van der Waals surface area contributed by atoms with E-state index in [4.69, 9.17) is 18.9 Å². The summed E-state index contributed by atoms with van der Waals surface area (Å²) in [7, 11) is 6.74. The smallest absolute Gasteiger partial charge is 0.126 e. The fraction of sp³-hybridized carbons (Fsp3) is 0.520.